The molecule has 0 spiro atoms. The lowest BCUT2D eigenvalue weighted by molar-refractivity contribution is -0.387. The number of benzene rings is 1. The van der Waals surface area contributed by atoms with Crippen LogP contribution in [0.5, 0.6) is 0 Å². The summed E-state index contributed by atoms with van der Waals surface area (Å²) in [6, 6.07) is 7.67. The summed E-state index contributed by atoms with van der Waals surface area (Å²) in [5, 5.41) is 20.2. The lowest BCUT2D eigenvalue weighted by Crippen LogP contribution is -2.15. The van der Waals surface area contributed by atoms with Crippen molar-refractivity contribution in [3.8, 4) is 0 Å². The first-order valence-electron chi connectivity index (χ1n) is 8.00. The SMILES string of the molecule is Cc1csc(Sc2ccc(C(=O)Nc3ccnc4ccnn34)cc2[N+](=O)[O-])n1. The third kappa shape index (κ3) is 3.57. The number of hydrogen-bond donors (Lipinski definition) is 1. The Morgan fingerprint density at radius 1 is 1.29 bits per heavy atom. The van der Waals surface area contributed by atoms with Gasteiger partial charge < -0.3 is 5.32 Å². The zero-order valence-electron chi connectivity index (χ0n) is 14.4. The zero-order chi connectivity index (χ0) is 19.7. The molecular formula is C17H12N6O3S2. The van der Waals surface area contributed by atoms with Gasteiger partial charge in [0.25, 0.3) is 11.6 Å². The van der Waals surface area contributed by atoms with E-state index in [4.69, 9.17) is 0 Å². The number of nitro benzene ring substituents is 1. The number of nitrogens with one attached hydrogen (secondary N) is 1. The Hall–Kier alpha value is -3.31. The highest BCUT2D eigenvalue weighted by Gasteiger charge is 2.20. The van der Waals surface area contributed by atoms with Crippen molar-refractivity contribution < 1.29 is 9.72 Å². The predicted octanol–water partition coefficient (Wildman–Crippen LogP) is 3.81. The third-order valence-corrected chi connectivity index (χ3v) is 5.87. The number of aryl methyl sites for hydroxylation is 1. The van der Waals surface area contributed by atoms with Gasteiger partial charge in [0, 0.05) is 35.0 Å². The van der Waals surface area contributed by atoms with E-state index in [0.29, 0.717) is 20.7 Å². The summed E-state index contributed by atoms with van der Waals surface area (Å²) in [5.41, 5.74) is 1.45. The average molecular weight is 412 g/mol. The average Bonchev–Trinajstić information content (AvgIpc) is 3.31. The van der Waals surface area contributed by atoms with Gasteiger partial charge in [-0.25, -0.2) is 9.97 Å². The van der Waals surface area contributed by atoms with E-state index in [9.17, 15) is 14.9 Å². The minimum absolute atomic E-state index is 0.149. The first-order valence-corrected chi connectivity index (χ1v) is 9.69. The maximum Gasteiger partial charge on any atom is 0.284 e. The number of nitrogens with zero attached hydrogens (tertiary/aromatic N) is 5. The molecule has 1 amide bonds. The van der Waals surface area contributed by atoms with Crippen LogP contribution in [0.1, 0.15) is 16.1 Å². The van der Waals surface area contributed by atoms with Crippen molar-refractivity contribution in [3.63, 3.8) is 0 Å². The van der Waals surface area contributed by atoms with E-state index in [-0.39, 0.29) is 11.3 Å². The Labute approximate surface area is 166 Å². The molecule has 0 saturated carbocycles. The van der Waals surface area contributed by atoms with E-state index in [1.54, 1.807) is 36.7 Å². The predicted molar refractivity (Wildman–Crippen MR) is 105 cm³/mol. The van der Waals surface area contributed by atoms with Gasteiger partial charge in [0.15, 0.2) is 9.99 Å². The fourth-order valence-corrected chi connectivity index (χ4v) is 4.36. The molecule has 1 aromatic carbocycles. The van der Waals surface area contributed by atoms with Gasteiger partial charge >= 0.3 is 0 Å². The molecule has 28 heavy (non-hydrogen) atoms. The van der Waals surface area contributed by atoms with E-state index in [1.165, 1.54) is 33.7 Å². The quantitative estimate of drug-likeness (QED) is 0.391. The number of rotatable bonds is 5. The molecule has 1 N–H and O–H groups in total. The van der Waals surface area contributed by atoms with Gasteiger partial charge in [-0.1, -0.05) is 11.8 Å². The summed E-state index contributed by atoms with van der Waals surface area (Å²) in [6.07, 6.45) is 3.11. The fraction of sp³-hybridized carbons (Fsp3) is 0.0588. The van der Waals surface area contributed by atoms with Crippen LogP contribution in [0, 0.1) is 17.0 Å². The molecule has 140 valence electrons. The van der Waals surface area contributed by atoms with Crippen LogP contribution in [0.15, 0.2) is 57.3 Å². The second-order valence-electron chi connectivity index (χ2n) is 5.68. The summed E-state index contributed by atoms with van der Waals surface area (Å²) in [5.74, 6) is -0.0629. The Balaban J connectivity index is 1.62. The van der Waals surface area contributed by atoms with Gasteiger partial charge in [-0.2, -0.15) is 9.61 Å². The molecule has 4 aromatic rings. The number of thiazole rings is 1. The van der Waals surface area contributed by atoms with Crippen LogP contribution in [0.2, 0.25) is 0 Å². The summed E-state index contributed by atoms with van der Waals surface area (Å²) in [4.78, 5) is 32.5. The highest BCUT2D eigenvalue weighted by atomic mass is 32.2. The molecule has 0 aliphatic rings. The topological polar surface area (TPSA) is 115 Å². The zero-order valence-corrected chi connectivity index (χ0v) is 16.0. The molecule has 0 fully saturated rings. The number of hydrogen-bond acceptors (Lipinski definition) is 8. The van der Waals surface area contributed by atoms with Crippen LogP contribution < -0.4 is 5.32 Å². The van der Waals surface area contributed by atoms with Gasteiger partial charge in [0.2, 0.25) is 0 Å². The van der Waals surface area contributed by atoms with E-state index in [0.717, 1.165) is 5.69 Å². The first-order chi connectivity index (χ1) is 13.5. The van der Waals surface area contributed by atoms with Crippen molar-refractivity contribution in [1.82, 2.24) is 19.6 Å². The van der Waals surface area contributed by atoms with Crippen LogP contribution in [0.4, 0.5) is 11.5 Å². The molecule has 0 aliphatic heterocycles. The van der Waals surface area contributed by atoms with Crippen molar-refractivity contribution >= 4 is 46.2 Å². The molecule has 0 bridgehead atoms. The van der Waals surface area contributed by atoms with Crippen molar-refractivity contribution in [2.45, 2.75) is 16.2 Å². The molecule has 0 aliphatic carbocycles. The molecule has 11 heteroatoms. The van der Waals surface area contributed by atoms with Crippen LogP contribution in [0.25, 0.3) is 5.65 Å². The van der Waals surface area contributed by atoms with Gasteiger partial charge in [-0.05, 0) is 25.1 Å². The molecule has 3 heterocycles. The molecule has 0 atom stereocenters. The smallest absolute Gasteiger partial charge is 0.284 e. The number of nitro groups is 1. The van der Waals surface area contributed by atoms with Crippen molar-refractivity contribution in [2.24, 2.45) is 0 Å². The van der Waals surface area contributed by atoms with Gasteiger partial charge in [0.1, 0.15) is 5.82 Å². The number of amides is 1. The molecule has 0 saturated heterocycles. The molecule has 0 unspecified atom stereocenters. The van der Waals surface area contributed by atoms with Crippen LogP contribution in [-0.2, 0) is 0 Å². The molecule has 9 nitrogen and oxygen atoms in total. The summed E-state index contributed by atoms with van der Waals surface area (Å²) in [7, 11) is 0. The minimum atomic E-state index is -0.502. The Morgan fingerprint density at radius 3 is 2.89 bits per heavy atom. The van der Waals surface area contributed by atoms with E-state index >= 15 is 0 Å². The molecule has 3 aromatic heterocycles. The summed E-state index contributed by atoms with van der Waals surface area (Å²) >= 11 is 2.62. The van der Waals surface area contributed by atoms with Crippen LogP contribution in [0.3, 0.4) is 0 Å². The third-order valence-electron chi connectivity index (χ3n) is 3.74. The van der Waals surface area contributed by atoms with Crippen molar-refractivity contribution in [1.29, 1.82) is 0 Å². The van der Waals surface area contributed by atoms with Crippen LogP contribution in [-0.4, -0.2) is 30.4 Å². The number of anilines is 1. The van der Waals surface area contributed by atoms with Gasteiger partial charge in [-0.3, -0.25) is 14.9 Å². The minimum Gasteiger partial charge on any atom is -0.306 e. The van der Waals surface area contributed by atoms with Crippen LogP contribution >= 0.6 is 23.1 Å². The van der Waals surface area contributed by atoms with Crippen molar-refractivity contribution in [3.05, 3.63) is 69.5 Å². The number of carbonyl (C=O) groups excluding carboxylic acids is 1. The summed E-state index contributed by atoms with van der Waals surface area (Å²) in [6.45, 7) is 1.86. The van der Waals surface area contributed by atoms with Crippen molar-refractivity contribution in [2.75, 3.05) is 5.32 Å². The number of aromatic nitrogens is 4. The highest BCUT2D eigenvalue weighted by Crippen LogP contribution is 2.36. The van der Waals surface area contributed by atoms with E-state index < -0.39 is 10.8 Å². The maximum absolute atomic E-state index is 12.6. The lowest BCUT2D eigenvalue weighted by atomic mass is 10.2. The van der Waals surface area contributed by atoms with E-state index in [1.807, 2.05) is 12.3 Å². The van der Waals surface area contributed by atoms with Gasteiger partial charge in [-0.15, -0.1) is 11.3 Å². The first kappa shape index (κ1) is 18.1. The second-order valence-corrected chi connectivity index (χ2v) is 7.83. The Kier molecular flexibility index (Phi) is 4.75. The standard InChI is InChI=1S/C17H12N6O3S2/c1-10-9-27-17(20-10)28-13-3-2-11(8-12(13)23(25)26)16(24)21-15-4-6-18-14-5-7-19-22(14)15/h2-9H,1H3,(H,21,24). The normalized spacial score (nSPS) is 10.9. The largest absolute Gasteiger partial charge is 0.306 e. The lowest BCUT2D eigenvalue weighted by Gasteiger charge is -2.08. The molecule has 4 rings (SSSR count). The molecular weight excluding hydrogens is 400 g/mol. The second kappa shape index (κ2) is 7.37. The number of fused-ring (bicyclic) bond motifs is 1. The van der Waals surface area contributed by atoms with E-state index in [2.05, 4.69) is 20.4 Å². The maximum atomic E-state index is 12.6. The number of carbonyl (C=O) groups is 1. The highest BCUT2D eigenvalue weighted by molar-refractivity contribution is 8.01. The molecule has 0 radical (unpaired) electrons. The van der Waals surface area contributed by atoms with Gasteiger partial charge in [0.05, 0.1) is 16.0 Å². The summed E-state index contributed by atoms with van der Waals surface area (Å²) < 4.78 is 2.18. The monoisotopic (exact) mass is 412 g/mol. The Bertz CT molecular complexity index is 1200. The Morgan fingerprint density at radius 2 is 2.14 bits per heavy atom. The fourth-order valence-electron chi connectivity index (χ4n) is 2.48.